The molecule has 15 heavy (non-hydrogen) atoms. The van der Waals surface area contributed by atoms with Crippen LogP contribution >= 0.6 is 0 Å². The van der Waals surface area contributed by atoms with E-state index in [0.29, 0.717) is 6.54 Å². The summed E-state index contributed by atoms with van der Waals surface area (Å²) in [4.78, 5) is 10.3. The summed E-state index contributed by atoms with van der Waals surface area (Å²) in [5.74, 6) is -0.859. The van der Waals surface area contributed by atoms with E-state index < -0.39 is 16.0 Å². The van der Waals surface area contributed by atoms with E-state index in [0.717, 1.165) is 0 Å². The van der Waals surface area contributed by atoms with Gasteiger partial charge in [0.25, 0.3) is 0 Å². The van der Waals surface area contributed by atoms with Gasteiger partial charge < -0.3 is 5.11 Å². The van der Waals surface area contributed by atoms with Crippen molar-refractivity contribution in [1.82, 2.24) is 4.31 Å². The third kappa shape index (κ3) is 5.74. The highest BCUT2D eigenvalue weighted by Crippen LogP contribution is 2.07. The van der Waals surface area contributed by atoms with Gasteiger partial charge in [-0.15, -0.1) is 0 Å². The van der Waals surface area contributed by atoms with Crippen molar-refractivity contribution in [3.05, 3.63) is 0 Å². The summed E-state index contributed by atoms with van der Waals surface area (Å²) in [6.45, 7) is 5.73. The van der Waals surface area contributed by atoms with Crippen molar-refractivity contribution in [2.24, 2.45) is 5.92 Å². The topological polar surface area (TPSA) is 74.7 Å². The third-order valence-electron chi connectivity index (χ3n) is 1.87. The molecule has 5 nitrogen and oxygen atoms in total. The Morgan fingerprint density at radius 1 is 1.40 bits per heavy atom. The maximum absolute atomic E-state index is 11.7. The summed E-state index contributed by atoms with van der Waals surface area (Å²) in [6.07, 6.45) is -0.148. The maximum atomic E-state index is 11.7. The molecule has 0 radical (unpaired) electrons. The fourth-order valence-corrected chi connectivity index (χ4v) is 3.06. The molecule has 0 atom stereocenters. The van der Waals surface area contributed by atoms with Gasteiger partial charge in [-0.3, -0.25) is 4.79 Å². The number of hydrogen-bond donors (Lipinski definition) is 1. The van der Waals surface area contributed by atoms with E-state index in [1.54, 1.807) is 6.92 Å². The van der Waals surface area contributed by atoms with Crippen LogP contribution in [0.3, 0.4) is 0 Å². The smallest absolute Gasteiger partial charge is 0.304 e. The molecule has 6 heteroatoms. The lowest BCUT2D eigenvalue weighted by molar-refractivity contribution is -0.137. The maximum Gasteiger partial charge on any atom is 0.304 e. The third-order valence-corrected chi connectivity index (χ3v) is 4.18. The Hall–Kier alpha value is -0.620. The Kier molecular flexibility index (Phi) is 5.82. The molecule has 0 rings (SSSR count). The standard InChI is InChI=1S/C9H19NO4S/c1-4-10(6-5-9(11)12)15(13,14)7-8(2)3/h8H,4-7H2,1-3H3,(H,11,12). The van der Waals surface area contributed by atoms with Crippen LogP contribution in [0.4, 0.5) is 0 Å². The number of carbonyl (C=O) groups is 1. The lowest BCUT2D eigenvalue weighted by Gasteiger charge is -2.20. The molecule has 0 aromatic rings. The van der Waals surface area contributed by atoms with Crippen LogP contribution < -0.4 is 0 Å². The van der Waals surface area contributed by atoms with Crippen LogP contribution in [0.1, 0.15) is 27.2 Å². The molecular formula is C9H19NO4S. The Morgan fingerprint density at radius 2 is 1.93 bits per heavy atom. The van der Waals surface area contributed by atoms with Crippen LogP contribution in [0.15, 0.2) is 0 Å². The lowest BCUT2D eigenvalue weighted by Crippen LogP contribution is -2.35. The van der Waals surface area contributed by atoms with Crippen molar-refractivity contribution in [3.63, 3.8) is 0 Å². The van der Waals surface area contributed by atoms with Gasteiger partial charge in [-0.25, -0.2) is 12.7 Å². The average Bonchev–Trinajstić information content (AvgIpc) is 2.01. The van der Waals surface area contributed by atoms with Gasteiger partial charge >= 0.3 is 5.97 Å². The van der Waals surface area contributed by atoms with E-state index in [2.05, 4.69) is 0 Å². The van der Waals surface area contributed by atoms with E-state index in [4.69, 9.17) is 5.11 Å². The minimum Gasteiger partial charge on any atom is -0.481 e. The first-order valence-electron chi connectivity index (χ1n) is 4.99. The first-order chi connectivity index (χ1) is 6.79. The predicted molar refractivity (Wildman–Crippen MR) is 58.1 cm³/mol. The molecule has 0 aromatic carbocycles. The molecule has 0 amide bonds. The molecule has 0 saturated carbocycles. The van der Waals surface area contributed by atoms with E-state index in [1.165, 1.54) is 4.31 Å². The van der Waals surface area contributed by atoms with Crippen LogP contribution in [0, 0.1) is 5.92 Å². The highest BCUT2D eigenvalue weighted by Gasteiger charge is 2.21. The zero-order valence-electron chi connectivity index (χ0n) is 9.43. The monoisotopic (exact) mass is 237 g/mol. The summed E-state index contributed by atoms with van der Waals surface area (Å²) in [5, 5.41) is 8.48. The Bertz CT molecular complexity index is 297. The van der Waals surface area contributed by atoms with Gasteiger partial charge in [-0.2, -0.15) is 0 Å². The van der Waals surface area contributed by atoms with E-state index >= 15 is 0 Å². The normalized spacial score (nSPS) is 12.3. The number of rotatable bonds is 7. The highest BCUT2D eigenvalue weighted by atomic mass is 32.2. The minimum atomic E-state index is -3.30. The number of hydrogen-bond acceptors (Lipinski definition) is 3. The number of nitrogens with zero attached hydrogens (tertiary/aromatic N) is 1. The molecule has 1 N–H and O–H groups in total. The first-order valence-corrected chi connectivity index (χ1v) is 6.60. The van der Waals surface area contributed by atoms with Crippen LogP contribution in [0.25, 0.3) is 0 Å². The number of sulfonamides is 1. The average molecular weight is 237 g/mol. The molecule has 0 spiro atoms. The summed E-state index contributed by atoms with van der Waals surface area (Å²) < 4.78 is 24.7. The SMILES string of the molecule is CCN(CCC(=O)O)S(=O)(=O)CC(C)C. The van der Waals surface area contributed by atoms with Gasteiger partial charge in [0.15, 0.2) is 0 Å². The molecule has 0 unspecified atom stereocenters. The van der Waals surface area contributed by atoms with Crippen LogP contribution in [-0.4, -0.2) is 42.6 Å². The molecule has 90 valence electrons. The van der Waals surface area contributed by atoms with Gasteiger partial charge in [0, 0.05) is 13.1 Å². The minimum absolute atomic E-state index is 0.0499. The number of carboxylic acids is 1. The molecule has 0 aliphatic carbocycles. The molecular weight excluding hydrogens is 218 g/mol. The zero-order valence-corrected chi connectivity index (χ0v) is 10.2. The van der Waals surface area contributed by atoms with Gasteiger partial charge in [0.05, 0.1) is 12.2 Å². The first kappa shape index (κ1) is 14.4. The summed E-state index contributed by atoms with van der Waals surface area (Å²) in [5.41, 5.74) is 0. The number of carboxylic acid groups (broad SMARTS) is 1. The fraction of sp³-hybridized carbons (Fsp3) is 0.889. The van der Waals surface area contributed by atoms with Gasteiger partial charge in [0.2, 0.25) is 10.0 Å². The molecule has 0 aliphatic rings. The van der Waals surface area contributed by atoms with E-state index in [-0.39, 0.29) is 24.6 Å². The van der Waals surface area contributed by atoms with E-state index in [1.807, 2.05) is 13.8 Å². The second kappa shape index (κ2) is 6.07. The number of aliphatic carboxylic acids is 1. The van der Waals surface area contributed by atoms with Gasteiger partial charge in [0.1, 0.15) is 0 Å². The summed E-state index contributed by atoms with van der Waals surface area (Å²) in [6, 6.07) is 0. The van der Waals surface area contributed by atoms with Crippen molar-refractivity contribution in [2.45, 2.75) is 27.2 Å². The quantitative estimate of drug-likeness (QED) is 0.709. The summed E-state index contributed by atoms with van der Waals surface area (Å²) >= 11 is 0. The largest absolute Gasteiger partial charge is 0.481 e. The second-order valence-electron chi connectivity index (χ2n) is 3.81. The molecule has 0 saturated heterocycles. The van der Waals surface area contributed by atoms with Crippen molar-refractivity contribution in [3.8, 4) is 0 Å². The van der Waals surface area contributed by atoms with Crippen LogP contribution in [0.5, 0.6) is 0 Å². The second-order valence-corrected chi connectivity index (χ2v) is 5.82. The van der Waals surface area contributed by atoms with Crippen molar-refractivity contribution >= 4 is 16.0 Å². The Morgan fingerprint density at radius 3 is 2.27 bits per heavy atom. The molecule has 0 fully saturated rings. The van der Waals surface area contributed by atoms with E-state index in [9.17, 15) is 13.2 Å². The van der Waals surface area contributed by atoms with Crippen molar-refractivity contribution < 1.29 is 18.3 Å². The van der Waals surface area contributed by atoms with Gasteiger partial charge in [-0.05, 0) is 5.92 Å². The van der Waals surface area contributed by atoms with Gasteiger partial charge in [-0.1, -0.05) is 20.8 Å². The van der Waals surface area contributed by atoms with Crippen molar-refractivity contribution in [1.29, 1.82) is 0 Å². The fourth-order valence-electron chi connectivity index (χ4n) is 1.24. The summed E-state index contributed by atoms with van der Waals surface area (Å²) in [7, 11) is -3.30. The van der Waals surface area contributed by atoms with Crippen molar-refractivity contribution in [2.75, 3.05) is 18.8 Å². The Labute approximate surface area is 91.1 Å². The molecule has 0 aliphatic heterocycles. The Balaban J connectivity index is 4.45. The van der Waals surface area contributed by atoms with Crippen LogP contribution in [0.2, 0.25) is 0 Å². The molecule has 0 heterocycles. The lowest BCUT2D eigenvalue weighted by atomic mass is 10.3. The predicted octanol–water partition coefficient (Wildman–Crippen LogP) is 0.769. The zero-order chi connectivity index (χ0) is 12.1. The highest BCUT2D eigenvalue weighted by molar-refractivity contribution is 7.89. The van der Waals surface area contributed by atoms with Crippen LogP contribution in [-0.2, 0) is 14.8 Å². The molecule has 0 aromatic heterocycles. The molecule has 0 bridgehead atoms.